The van der Waals surface area contributed by atoms with E-state index in [1.54, 1.807) is 11.3 Å². The Kier molecular flexibility index (Phi) is 6.01. The monoisotopic (exact) mass is 412 g/mol. The van der Waals surface area contributed by atoms with E-state index in [0.29, 0.717) is 45.6 Å². The van der Waals surface area contributed by atoms with Crippen molar-refractivity contribution in [1.82, 2.24) is 9.80 Å². The third kappa shape index (κ3) is 4.87. The SMILES string of the molecule is Cc1ccc(CN2CC3(CCN(C(=O)Cc4ccsc4)CC3)OCCC2=O)cc1. The van der Waals surface area contributed by atoms with Crippen LogP contribution in [-0.4, -0.2) is 53.5 Å². The number of benzene rings is 1. The van der Waals surface area contributed by atoms with Crippen LogP contribution in [0.15, 0.2) is 41.1 Å². The van der Waals surface area contributed by atoms with Gasteiger partial charge < -0.3 is 14.5 Å². The minimum absolute atomic E-state index is 0.151. The number of rotatable bonds is 4. The molecule has 0 unspecified atom stereocenters. The molecule has 4 rings (SSSR count). The average molecular weight is 413 g/mol. The molecule has 0 saturated carbocycles. The van der Waals surface area contributed by atoms with E-state index in [9.17, 15) is 9.59 Å². The number of carbonyl (C=O) groups is 2. The fourth-order valence-corrected chi connectivity index (χ4v) is 4.87. The van der Waals surface area contributed by atoms with E-state index in [2.05, 4.69) is 31.2 Å². The van der Waals surface area contributed by atoms with Crippen LogP contribution >= 0.6 is 11.3 Å². The molecule has 2 amide bonds. The number of piperidine rings is 1. The molecule has 2 aromatic rings. The molecule has 0 aliphatic carbocycles. The Balaban J connectivity index is 1.39. The first-order valence-corrected chi connectivity index (χ1v) is 11.2. The number of thiophene rings is 1. The fraction of sp³-hybridized carbons (Fsp3) is 0.478. The van der Waals surface area contributed by atoms with Crippen molar-refractivity contribution in [2.75, 3.05) is 26.2 Å². The number of hydrogen-bond donors (Lipinski definition) is 0. The van der Waals surface area contributed by atoms with Gasteiger partial charge in [-0.1, -0.05) is 29.8 Å². The summed E-state index contributed by atoms with van der Waals surface area (Å²) in [6, 6.07) is 10.4. The van der Waals surface area contributed by atoms with Crippen molar-refractivity contribution in [1.29, 1.82) is 0 Å². The zero-order valence-electron chi connectivity index (χ0n) is 16.9. The second kappa shape index (κ2) is 8.67. The summed E-state index contributed by atoms with van der Waals surface area (Å²) in [6.07, 6.45) is 2.45. The van der Waals surface area contributed by atoms with Crippen LogP contribution in [0.5, 0.6) is 0 Å². The zero-order chi connectivity index (χ0) is 20.3. The Morgan fingerprint density at radius 1 is 1.14 bits per heavy atom. The number of hydrogen-bond acceptors (Lipinski definition) is 4. The molecule has 2 saturated heterocycles. The normalized spacial score (nSPS) is 19.4. The maximum absolute atomic E-state index is 12.6. The van der Waals surface area contributed by atoms with Gasteiger partial charge in [-0.25, -0.2) is 0 Å². The highest BCUT2D eigenvalue weighted by molar-refractivity contribution is 7.08. The van der Waals surface area contributed by atoms with Gasteiger partial charge in [0.05, 0.1) is 31.6 Å². The predicted molar refractivity (Wildman–Crippen MR) is 114 cm³/mol. The highest BCUT2D eigenvalue weighted by atomic mass is 32.1. The van der Waals surface area contributed by atoms with Crippen LogP contribution in [0.2, 0.25) is 0 Å². The van der Waals surface area contributed by atoms with E-state index in [4.69, 9.17) is 4.74 Å². The number of ether oxygens (including phenoxy) is 1. The van der Waals surface area contributed by atoms with Crippen molar-refractivity contribution in [3.05, 3.63) is 57.8 Å². The molecule has 3 heterocycles. The molecule has 29 heavy (non-hydrogen) atoms. The number of amides is 2. The Bertz CT molecular complexity index is 840. The molecule has 0 bridgehead atoms. The van der Waals surface area contributed by atoms with Crippen molar-refractivity contribution in [2.45, 2.75) is 44.8 Å². The summed E-state index contributed by atoms with van der Waals surface area (Å²) in [7, 11) is 0. The Morgan fingerprint density at radius 2 is 1.90 bits per heavy atom. The minimum Gasteiger partial charge on any atom is -0.372 e. The first-order chi connectivity index (χ1) is 14.0. The van der Waals surface area contributed by atoms with Gasteiger partial charge in [-0.15, -0.1) is 0 Å². The summed E-state index contributed by atoms with van der Waals surface area (Å²) in [5, 5.41) is 4.04. The highest BCUT2D eigenvalue weighted by Gasteiger charge is 2.41. The lowest BCUT2D eigenvalue weighted by molar-refractivity contribution is -0.139. The molecule has 0 N–H and O–H groups in total. The zero-order valence-corrected chi connectivity index (χ0v) is 17.7. The summed E-state index contributed by atoms with van der Waals surface area (Å²) < 4.78 is 6.22. The molecular weight excluding hydrogens is 384 g/mol. The summed E-state index contributed by atoms with van der Waals surface area (Å²) in [5.74, 6) is 0.331. The van der Waals surface area contributed by atoms with E-state index >= 15 is 0 Å². The van der Waals surface area contributed by atoms with Crippen LogP contribution in [0.1, 0.15) is 36.0 Å². The molecule has 6 heteroatoms. The van der Waals surface area contributed by atoms with Gasteiger partial charge in [-0.2, -0.15) is 11.3 Å². The van der Waals surface area contributed by atoms with E-state index in [0.717, 1.165) is 24.0 Å². The third-order valence-electron chi connectivity index (χ3n) is 6.01. The lowest BCUT2D eigenvalue weighted by Crippen LogP contribution is -2.53. The Labute approximate surface area is 176 Å². The molecule has 1 aromatic carbocycles. The van der Waals surface area contributed by atoms with Gasteiger partial charge in [0, 0.05) is 19.6 Å². The van der Waals surface area contributed by atoms with E-state index in [1.807, 2.05) is 26.6 Å². The molecule has 0 atom stereocenters. The molecule has 1 aromatic heterocycles. The van der Waals surface area contributed by atoms with Crippen LogP contribution in [-0.2, 0) is 27.3 Å². The van der Waals surface area contributed by atoms with Crippen LogP contribution < -0.4 is 0 Å². The number of aryl methyl sites for hydroxylation is 1. The van der Waals surface area contributed by atoms with Crippen LogP contribution in [0, 0.1) is 6.92 Å². The highest BCUT2D eigenvalue weighted by Crippen LogP contribution is 2.31. The number of nitrogens with zero attached hydrogens (tertiary/aromatic N) is 2. The van der Waals surface area contributed by atoms with Crippen molar-refractivity contribution in [3.8, 4) is 0 Å². The van der Waals surface area contributed by atoms with E-state index in [-0.39, 0.29) is 17.4 Å². The molecule has 5 nitrogen and oxygen atoms in total. The average Bonchev–Trinajstić information content (AvgIpc) is 3.17. The molecule has 2 fully saturated rings. The quantitative estimate of drug-likeness (QED) is 0.773. The predicted octanol–water partition coefficient (Wildman–Crippen LogP) is 3.41. The molecular formula is C23H28N2O3S. The molecule has 2 aliphatic heterocycles. The second-order valence-corrected chi connectivity index (χ2v) is 8.99. The smallest absolute Gasteiger partial charge is 0.227 e. The summed E-state index contributed by atoms with van der Waals surface area (Å²) in [4.78, 5) is 29.2. The largest absolute Gasteiger partial charge is 0.372 e. The van der Waals surface area contributed by atoms with Crippen molar-refractivity contribution >= 4 is 23.2 Å². The standard InChI is InChI=1S/C23H28N2O3S/c1-18-2-4-19(5-3-18)15-25-17-23(28-12-6-21(25)26)8-10-24(11-9-23)22(27)14-20-7-13-29-16-20/h2-5,7,13,16H,6,8-12,14-15,17H2,1H3. The van der Waals surface area contributed by atoms with Gasteiger partial charge in [-0.3, -0.25) is 9.59 Å². The van der Waals surface area contributed by atoms with Crippen molar-refractivity contribution in [3.63, 3.8) is 0 Å². The lowest BCUT2D eigenvalue weighted by atomic mass is 9.90. The summed E-state index contributed by atoms with van der Waals surface area (Å²) in [5.41, 5.74) is 3.11. The van der Waals surface area contributed by atoms with Gasteiger partial charge in [0.2, 0.25) is 11.8 Å². The maximum Gasteiger partial charge on any atom is 0.227 e. The molecule has 0 radical (unpaired) electrons. The topological polar surface area (TPSA) is 49.9 Å². The van der Waals surface area contributed by atoms with Crippen LogP contribution in [0.25, 0.3) is 0 Å². The van der Waals surface area contributed by atoms with Crippen molar-refractivity contribution in [2.24, 2.45) is 0 Å². The van der Waals surface area contributed by atoms with Crippen LogP contribution in [0.3, 0.4) is 0 Å². The second-order valence-electron chi connectivity index (χ2n) is 8.21. The van der Waals surface area contributed by atoms with E-state index in [1.165, 1.54) is 5.56 Å². The number of likely N-dealkylation sites (tertiary alicyclic amines) is 1. The molecule has 1 spiro atoms. The van der Waals surface area contributed by atoms with Crippen molar-refractivity contribution < 1.29 is 14.3 Å². The van der Waals surface area contributed by atoms with Gasteiger partial charge in [0.25, 0.3) is 0 Å². The first-order valence-electron chi connectivity index (χ1n) is 10.3. The minimum atomic E-state index is -0.337. The van der Waals surface area contributed by atoms with Gasteiger partial charge in [0.15, 0.2) is 0 Å². The fourth-order valence-electron chi connectivity index (χ4n) is 4.20. The third-order valence-corrected chi connectivity index (χ3v) is 6.74. The number of carbonyl (C=O) groups excluding carboxylic acids is 2. The molecule has 154 valence electrons. The first kappa shape index (κ1) is 20.1. The molecule has 2 aliphatic rings. The Morgan fingerprint density at radius 3 is 2.59 bits per heavy atom. The Hall–Kier alpha value is -2.18. The lowest BCUT2D eigenvalue weighted by Gasteiger charge is -2.42. The summed E-state index contributed by atoms with van der Waals surface area (Å²) in [6.45, 7) is 5.13. The van der Waals surface area contributed by atoms with Gasteiger partial charge in [-0.05, 0) is 47.7 Å². The van der Waals surface area contributed by atoms with Gasteiger partial charge >= 0.3 is 0 Å². The maximum atomic E-state index is 12.6. The van der Waals surface area contributed by atoms with Gasteiger partial charge in [0.1, 0.15) is 0 Å². The van der Waals surface area contributed by atoms with E-state index < -0.39 is 0 Å². The van der Waals surface area contributed by atoms with Crippen LogP contribution in [0.4, 0.5) is 0 Å². The summed E-state index contributed by atoms with van der Waals surface area (Å²) >= 11 is 1.62.